The minimum Gasteiger partial charge on any atom is -0.259 e. The third kappa shape index (κ3) is 2.46. The molecule has 0 spiro atoms. The quantitative estimate of drug-likeness (QED) is 0.808. The SMILES string of the molecule is CCS(=O)(=O)Nc1nc(C)cs1. The number of aryl methyl sites for hydroxylation is 1. The molecule has 0 atom stereocenters. The first kappa shape index (κ1) is 9.47. The number of anilines is 1. The maximum Gasteiger partial charge on any atom is 0.234 e. The van der Waals surface area contributed by atoms with Gasteiger partial charge in [0, 0.05) is 5.38 Å². The molecule has 0 fully saturated rings. The molecule has 4 nitrogen and oxygen atoms in total. The van der Waals surface area contributed by atoms with Crippen molar-refractivity contribution in [2.75, 3.05) is 10.5 Å². The van der Waals surface area contributed by atoms with E-state index < -0.39 is 10.0 Å². The highest BCUT2D eigenvalue weighted by Gasteiger charge is 2.08. The third-order valence-electron chi connectivity index (χ3n) is 1.24. The lowest BCUT2D eigenvalue weighted by atomic mass is 10.6. The molecule has 0 saturated carbocycles. The number of aromatic nitrogens is 1. The van der Waals surface area contributed by atoms with E-state index in [-0.39, 0.29) is 5.75 Å². The van der Waals surface area contributed by atoms with Crippen LogP contribution in [0.2, 0.25) is 0 Å². The van der Waals surface area contributed by atoms with Crippen LogP contribution in [0.25, 0.3) is 0 Å². The third-order valence-corrected chi connectivity index (χ3v) is 3.51. The summed E-state index contributed by atoms with van der Waals surface area (Å²) in [7, 11) is -3.16. The standard InChI is InChI=1S/C6H10N2O2S2/c1-3-12(9,10)8-6-7-5(2)4-11-6/h4H,3H2,1-2H3,(H,7,8). The summed E-state index contributed by atoms with van der Waals surface area (Å²) in [5.41, 5.74) is 0.828. The molecule has 0 aliphatic heterocycles. The van der Waals surface area contributed by atoms with Gasteiger partial charge in [0.15, 0.2) is 5.13 Å². The van der Waals surface area contributed by atoms with Gasteiger partial charge in [0.2, 0.25) is 10.0 Å². The van der Waals surface area contributed by atoms with Crippen LogP contribution in [-0.2, 0) is 10.0 Å². The van der Waals surface area contributed by atoms with Gasteiger partial charge < -0.3 is 0 Å². The second-order valence-corrected chi connectivity index (χ2v) is 5.17. The number of hydrogen-bond acceptors (Lipinski definition) is 4. The summed E-state index contributed by atoms with van der Waals surface area (Å²) >= 11 is 1.29. The lowest BCUT2D eigenvalue weighted by molar-refractivity contribution is 0.602. The Hall–Kier alpha value is -0.620. The molecule has 0 aromatic carbocycles. The Labute approximate surface area is 75.7 Å². The van der Waals surface area contributed by atoms with Crippen molar-refractivity contribution in [3.63, 3.8) is 0 Å². The molecule has 0 unspecified atom stereocenters. The number of rotatable bonds is 3. The van der Waals surface area contributed by atoms with Crippen LogP contribution in [0.4, 0.5) is 5.13 Å². The second kappa shape index (κ2) is 3.40. The van der Waals surface area contributed by atoms with Crippen molar-refractivity contribution in [1.82, 2.24) is 4.98 Å². The summed E-state index contributed by atoms with van der Waals surface area (Å²) in [6.45, 7) is 3.41. The van der Waals surface area contributed by atoms with Crippen molar-refractivity contribution in [2.45, 2.75) is 13.8 Å². The number of sulfonamides is 1. The van der Waals surface area contributed by atoms with Crippen LogP contribution in [0.5, 0.6) is 0 Å². The van der Waals surface area contributed by atoms with Crippen molar-refractivity contribution in [2.24, 2.45) is 0 Å². The Morgan fingerprint density at radius 1 is 1.67 bits per heavy atom. The minimum absolute atomic E-state index is 0.0750. The van der Waals surface area contributed by atoms with Gasteiger partial charge in [-0.15, -0.1) is 11.3 Å². The normalized spacial score (nSPS) is 11.5. The predicted molar refractivity (Wildman–Crippen MR) is 49.9 cm³/mol. The summed E-state index contributed by atoms with van der Waals surface area (Å²) in [6.07, 6.45) is 0. The average molecular weight is 206 g/mol. The molecular formula is C6H10N2O2S2. The zero-order valence-electron chi connectivity index (χ0n) is 6.86. The van der Waals surface area contributed by atoms with Crippen LogP contribution < -0.4 is 4.72 Å². The lowest BCUT2D eigenvalue weighted by Crippen LogP contribution is -2.14. The number of hydrogen-bond donors (Lipinski definition) is 1. The number of thiazole rings is 1. The Bertz CT molecular complexity index is 355. The molecule has 1 N–H and O–H groups in total. The van der Waals surface area contributed by atoms with E-state index >= 15 is 0 Å². The molecule has 68 valence electrons. The minimum atomic E-state index is -3.16. The van der Waals surface area contributed by atoms with Crippen molar-refractivity contribution in [3.05, 3.63) is 11.1 Å². The van der Waals surface area contributed by atoms with E-state index in [9.17, 15) is 8.42 Å². The van der Waals surface area contributed by atoms with Crippen LogP contribution >= 0.6 is 11.3 Å². The van der Waals surface area contributed by atoms with Crippen LogP contribution in [-0.4, -0.2) is 19.2 Å². The Balaban J connectivity index is 2.77. The van der Waals surface area contributed by atoms with Crippen molar-refractivity contribution < 1.29 is 8.42 Å². The van der Waals surface area contributed by atoms with E-state index in [4.69, 9.17) is 0 Å². The maximum atomic E-state index is 11.0. The molecule has 0 bridgehead atoms. The molecule has 0 aliphatic rings. The van der Waals surface area contributed by atoms with Gasteiger partial charge in [-0.2, -0.15) is 0 Å². The van der Waals surface area contributed by atoms with Crippen LogP contribution in [0, 0.1) is 6.92 Å². The van der Waals surface area contributed by atoms with E-state index in [1.54, 1.807) is 12.3 Å². The largest absolute Gasteiger partial charge is 0.259 e. The maximum absolute atomic E-state index is 11.0. The van der Waals surface area contributed by atoms with Gasteiger partial charge in [0.1, 0.15) is 0 Å². The summed E-state index contributed by atoms with van der Waals surface area (Å²) in [4.78, 5) is 3.97. The van der Waals surface area contributed by atoms with E-state index in [0.717, 1.165) is 5.69 Å². The zero-order chi connectivity index (χ0) is 9.19. The van der Waals surface area contributed by atoms with Crippen molar-refractivity contribution >= 4 is 26.5 Å². The topological polar surface area (TPSA) is 59.1 Å². The van der Waals surface area contributed by atoms with Crippen molar-refractivity contribution in [1.29, 1.82) is 0 Å². The van der Waals surface area contributed by atoms with E-state index in [1.807, 2.05) is 6.92 Å². The van der Waals surface area contributed by atoms with Crippen molar-refractivity contribution in [3.8, 4) is 0 Å². The van der Waals surface area contributed by atoms with Gasteiger partial charge in [-0.25, -0.2) is 13.4 Å². The van der Waals surface area contributed by atoms with Crippen LogP contribution in [0.15, 0.2) is 5.38 Å². The molecule has 1 rings (SSSR count). The fraction of sp³-hybridized carbons (Fsp3) is 0.500. The monoisotopic (exact) mass is 206 g/mol. The van der Waals surface area contributed by atoms with Crippen LogP contribution in [0.3, 0.4) is 0 Å². The number of nitrogens with zero attached hydrogens (tertiary/aromatic N) is 1. The first-order valence-electron chi connectivity index (χ1n) is 3.46. The highest BCUT2D eigenvalue weighted by molar-refractivity contribution is 7.92. The molecule has 12 heavy (non-hydrogen) atoms. The predicted octanol–water partition coefficient (Wildman–Crippen LogP) is 1.21. The molecule has 1 heterocycles. The average Bonchev–Trinajstić information content (AvgIpc) is 2.35. The lowest BCUT2D eigenvalue weighted by Gasteiger charge is -1.99. The molecule has 0 radical (unpaired) electrons. The van der Waals surface area contributed by atoms with E-state index in [0.29, 0.717) is 5.13 Å². The van der Waals surface area contributed by atoms with E-state index in [1.165, 1.54) is 11.3 Å². The first-order valence-corrected chi connectivity index (χ1v) is 5.99. The van der Waals surface area contributed by atoms with Gasteiger partial charge in [-0.05, 0) is 13.8 Å². The Kier molecular flexibility index (Phi) is 2.69. The van der Waals surface area contributed by atoms with Gasteiger partial charge >= 0.3 is 0 Å². The zero-order valence-corrected chi connectivity index (χ0v) is 8.50. The highest BCUT2D eigenvalue weighted by atomic mass is 32.2. The molecule has 0 amide bonds. The van der Waals surface area contributed by atoms with Crippen LogP contribution in [0.1, 0.15) is 12.6 Å². The highest BCUT2D eigenvalue weighted by Crippen LogP contribution is 2.15. The summed E-state index contributed by atoms with van der Waals surface area (Å²) in [6, 6.07) is 0. The summed E-state index contributed by atoms with van der Waals surface area (Å²) < 4.78 is 24.4. The molecule has 1 aromatic heterocycles. The summed E-state index contributed by atoms with van der Waals surface area (Å²) in [5.74, 6) is 0.0750. The molecule has 1 aromatic rings. The Morgan fingerprint density at radius 3 is 2.75 bits per heavy atom. The van der Waals surface area contributed by atoms with Gasteiger partial charge in [0.25, 0.3) is 0 Å². The van der Waals surface area contributed by atoms with Gasteiger partial charge in [0.05, 0.1) is 11.4 Å². The molecule has 0 aliphatic carbocycles. The molecule has 0 saturated heterocycles. The fourth-order valence-corrected chi connectivity index (χ4v) is 2.17. The smallest absolute Gasteiger partial charge is 0.234 e. The van der Waals surface area contributed by atoms with Gasteiger partial charge in [-0.3, -0.25) is 4.72 Å². The summed E-state index contributed by atoms with van der Waals surface area (Å²) in [5, 5.41) is 2.24. The molecule has 6 heteroatoms. The fourth-order valence-electron chi connectivity index (χ4n) is 0.606. The van der Waals surface area contributed by atoms with E-state index in [2.05, 4.69) is 9.71 Å². The second-order valence-electron chi connectivity index (χ2n) is 2.30. The van der Waals surface area contributed by atoms with Gasteiger partial charge in [-0.1, -0.05) is 0 Å². The first-order chi connectivity index (χ1) is 5.53. The Morgan fingerprint density at radius 2 is 2.33 bits per heavy atom. The number of nitrogens with one attached hydrogen (secondary N) is 1. The molecular weight excluding hydrogens is 196 g/mol.